The predicted octanol–water partition coefficient (Wildman–Crippen LogP) is 4.35. The molecule has 0 saturated carbocycles. The molecule has 114 valence electrons. The third-order valence-electron chi connectivity index (χ3n) is 3.58. The van der Waals surface area contributed by atoms with E-state index in [2.05, 4.69) is 30.6 Å². The van der Waals surface area contributed by atoms with Crippen LogP contribution in [0.25, 0.3) is 0 Å². The maximum atomic E-state index is 13.8. The van der Waals surface area contributed by atoms with Crippen LogP contribution in [0.2, 0.25) is 0 Å². The Labute approximate surface area is 130 Å². The fourth-order valence-electron chi connectivity index (χ4n) is 2.52. The van der Waals surface area contributed by atoms with Gasteiger partial charge in [-0.1, -0.05) is 19.9 Å². The summed E-state index contributed by atoms with van der Waals surface area (Å²) in [5.74, 6) is -0.00346. The summed E-state index contributed by atoms with van der Waals surface area (Å²) < 4.78 is 18.8. The van der Waals surface area contributed by atoms with Crippen molar-refractivity contribution in [3.05, 3.63) is 51.5 Å². The van der Waals surface area contributed by atoms with E-state index in [4.69, 9.17) is 4.74 Å². The number of benzene rings is 1. The van der Waals surface area contributed by atoms with Crippen molar-refractivity contribution in [1.82, 2.24) is 5.32 Å². The molecule has 0 amide bonds. The fraction of sp³-hybridized carbons (Fsp3) is 0.412. The number of hydrogen-bond donors (Lipinski definition) is 1. The second kappa shape index (κ2) is 7.57. The standard InChI is InChI=1S/C17H22FNOS/c1-4-13-8-9-21-17(13)15(19-5-2)11-12-6-7-16(20-3)14(18)10-12/h6-10,15,19H,4-5,11H2,1-3H3. The van der Waals surface area contributed by atoms with Gasteiger partial charge >= 0.3 is 0 Å². The lowest BCUT2D eigenvalue weighted by Gasteiger charge is -2.19. The Bertz CT molecular complexity index is 582. The van der Waals surface area contributed by atoms with Crippen LogP contribution in [0.1, 0.15) is 35.9 Å². The Morgan fingerprint density at radius 1 is 1.29 bits per heavy atom. The number of thiophene rings is 1. The Hall–Kier alpha value is -1.39. The van der Waals surface area contributed by atoms with E-state index in [1.807, 2.05) is 6.07 Å². The van der Waals surface area contributed by atoms with Gasteiger partial charge in [0.2, 0.25) is 0 Å². The summed E-state index contributed by atoms with van der Waals surface area (Å²) in [5.41, 5.74) is 2.36. The maximum Gasteiger partial charge on any atom is 0.165 e. The van der Waals surface area contributed by atoms with Crippen LogP contribution in [0.5, 0.6) is 5.75 Å². The van der Waals surface area contributed by atoms with E-state index in [0.717, 1.165) is 24.9 Å². The molecule has 0 bridgehead atoms. The number of nitrogens with one attached hydrogen (secondary N) is 1. The van der Waals surface area contributed by atoms with Crippen molar-refractivity contribution in [2.75, 3.05) is 13.7 Å². The predicted molar refractivity (Wildman–Crippen MR) is 86.8 cm³/mol. The van der Waals surface area contributed by atoms with E-state index in [1.54, 1.807) is 23.5 Å². The lowest BCUT2D eigenvalue weighted by atomic mass is 10.0. The van der Waals surface area contributed by atoms with Crippen LogP contribution in [0, 0.1) is 5.82 Å². The highest BCUT2D eigenvalue weighted by Crippen LogP contribution is 2.29. The summed E-state index contributed by atoms with van der Waals surface area (Å²) >= 11 is 1.77. The fourth-order valence-corrected chi connectivity index (χ4v) is 3.60. The van der Waals surface area contributed by atoms with Gasteiger partial charge in [-0.15, -0.1) is 11.3 Å². The second-order valence-electron chi connectivity index (χ2n) is 4.95. The molecule has 2 aromatic rings. The molecule has 1 aromatic heterocycles. The molecule has 0 aliphatic carbocycles. The lowest BCUT2D eigenvalue weighted by Crippen LogP contribution is -2.23. The minimum Gasteiger partial charge on any atom is -0.494 e. The summed E-state index contributed by atoms with van der Waals surface area (Å²) in [7, 11) is 1.48. The van der Waals surface area contributed by atoms with Crippen LogP contribution in [0.4, 0.5) is 4.39 Å². The average Bonchev–Trinajstić information content (AvgIpc) is 2.95. The van der Waals surface area contributed by atoms with E-state index in [-0.39, 0.29) is 11.9 Å². The zero-order chi connectivity index (χ0) is 15.2. The lowest BCUT2D eigenvalue weighted by molar-refractivity contribution is 0.386. The van der Waals surface area contributed by atoms with E-state index < -0.39 is 0 Å². The molecule has 1 N–H and O–H groups in total. The molecule has 1 unspecified atom stereocenters. The molecule has 2 nitrogen and oxygen atoms in total. The van der Waals surface area contributed by atoms with Gasteiger partial charge in [-0.2, -0.15) is 0 Å². The van der Waals surface area contributed by atoms with Crippen LogP contribution in [0.15, 0.2) is 29.6 Å². The Kier molecular flexibility index (Phi) is 5.76. The molecule has 0 saturated heterocycles. The second-order valence-corrected chi connectivity index (χ2v) is 5.89. The van der Waals surface area contributed by atoms with Crippen LogP contribution in [-0.4, -0.2) is 13.7 Å². The first-order valence-corrected chi connectivity index (χ1v) is 8.19. The highest BCUT2D eigenvalue weighted by atomic mass is 32.1. The third-order valence-corrected chi connectivity index (χ3v) is 4.66. The molecular weight excluding hydrogens is 285 g/mol. The number of ether oxygens (including phenoxy) is 1. The SMILES string of the molecule is CCNC(Cc1ccc(OC)c(F)c1)c1sccc1CC. The normalized spacial score (nSPS) is 12.4. The Morgan fingerprint density at radius 2 is 2.10 bits per heavy atom. The molecule has 4 heteroatoms. The summed E-state index contributed by atoms with van der Waals surface area (Å²) in [6, 6.07) is 7.62. The number of hydrogen-bond acceptors (Lipinski definition) is 3. The number of aryl methyl sites for hydroxylation is 1. The van der Waals surface area contributed by atoms with Crippen molar-refractivity contribution in [3.63, 3.8) is 0 Å². The molecule has 2 rings (SSSR count). The van der Waals surface area contributed by atoms with Crippen molar-refractivity contribution in [1.29, 1.82) is 0 Å². The van der Waals surface area contributed by atoms with Gasteiger partial charge in [0.1, 0.15) is 0 Å². The van der Waals surface area contributed by atoms with Gasteiger partial charge in [-0.3, -0.25) is 0 Å². The minimum absolute atomic E-state index is 0.234. The van der Waals surface area contributed by atoms with Gasteiger partial charge in [0.05, 0.1) is 7.11 Å². The first-order chi connectivity index (χ1) is 10.2. The molecule has 0 aliphatic heterocycles. The monoisotopic (exact) mass is 307 g/mol. The van der Waals surface area contributed by atoms with Crippen molar-refractivity contribution < 1.29 is 9.13 Å². The van der Waals surface area contributed by atoms with Crippen LogP contribution < -0.4 is 10.1 Å². The highest BCUT2D eigenvalue weighted by molar-refractivity contribution is 7.10. The van der Waals surface area contributed by atoms with Gasteiger partial charge in [0, 0.05) is 10.9 Å². The van der Waals surface area contributed by atoms with E-state index in [0.29, 0.717) is 5.75 Å². The molecule has 1 atom stereocenters. The van der Waals surface area contributed by atoms with Crippen molar-refractivity contribution >= 4 is 11.3 Å². The van der Waals surface area contributed by atoms with Gasteiger partial charge in [-0.25, -0.2) is 4.39 Å². The number of halogens is 1. The van der Waals surface area contributed by atoms with Gasteiger partial charge in [0.15, 0.2) is 11.6 Å². The Balaban J connectivity index is 2.22. The van der Waals surface area contributed by atoms with E-state index in [1.165, 1.54) is 17.6 Å². The molecule has 1 heterocycles. The van der Waals surface area contributed by atoms with Crippen LogP contribution >= 0.6 is 11.3 Å². The number of methoxy groups -OCH3 is 1. The minimum atomic E-state index is -0.299. The molecular formula is C17H22FNOS. The molecule has 0 spiro atoms. The van der Waals surface area contributed by atoms with Crippen molar-refractivity contribution in [2.24, 2.45) is 0 Å². The molecule has 0 fully saturated rings. The summed E-state index contributed by atoms with van der Waals surface area (Å²) in [6.07, 6.45) is 1.81. The average molecular weight is 307 g/mol. The molecule has 0 aliphatic rings. The maximum absolute atomic E-state index is 13.8. The quantitative estimate of drug-likeness (QED) is 0.821. The number of likely N-dealkylation sites (N-methyl/N-ethyl adjacent to an activating group) is 1. The highest BCUT2D eigenvalue weighted by Gasteiger charge is 2.16. The zero-order valence-corrected chi connectivity index (χ0v) is 13.6. The van der Waals surface area contributed by atoms with E-state index in [9.17, 15) is 4.39 Å². The van der Waals surface area contributed by atoms with Crippen LogP contribution in [-0.2, 0) is 12.8 Å². The summed E-state index contributed by atoms with van der Waals surface area (Å²) in [5, 5.41) is 5.65. The first kappa shape index (κ1) is 16.0. The summed E-state index contributed by atoms with van der Waals surface area (Å²) in [4.78, 5) is 1.36. The molecule has 21 heavy (non-hydrogen) atoms. The zero-order valence-electron chi connectivity index (χ0n) is 12.8. The smallest absolute Gasteiger partial charge is 0.165 e. The van der Waals surface area contributed by atoms with Gasteiger partial charge in [-0.05, 0) is 54.1 Å². The topological polar surface area (TPSA) is 21.3 Å². The number of rotatable bonds is 7. The largest absolute Gasteiger partial charge is 0.494 e. The molecule has 1 aromatic carbocycles. The van der Waals surface area contributed by atoms with Gasteiger partial charge < -0.3 is 10.1 Å². The van der Waals surface area contributed by atoms with Crippen molar-refractivity contribution in [3.8, 4) is 5.75 Å². The van der Waals surface area contributed by atoms with E-state index >= 15 is 0 Å². The summed E-state index contributed by atoms with van der Waals surface area (Å²) in [6.45, 7) is 5.16. The Morgan fingerprint density at radius 3 is 2.71 bits per heavy atom. The molecule has 0 radical (unpaired) electrons. The van der Waals surface area contributed by atoms with Crippen LogP contribution in [0.3, 0.4) is 0 Å². The first-order valence-electron chi connectivity index (χ1n) is 7.31. The van der Waals surface area contributed by atoms with Gasteiger partial charge in [0.25, 0.3) is 0 Å². The van der Waals surface area contributed by atoms with Crippen molar-refractivity contribution in [2.45, 2.75) is 32.7 Å². The third kappa shape index (κ3) is 3.83.